The van der Waals surface area contributed by atoms with Crippen molar-refractivity contribution in [2.75, 3.05) is 11.9 Å². The molecule has 1 aliphatic heterocycles. The number of benzene rings is 2. The smallest absolute Gasteiger partial charge is 0.376 e. The van der Waals surface area contributed by atoms with Gasteiger partial charge in [0.2, 0.25) is 5.78 Å². The van der Waals surface area contributed by atoms with Crippen molar-refractivity contribution < 1.29 is 18.0 Å². The van der Waals surface area contributed by atoms with Gasteiger partial charge in [0.05, 0.1) is 23.5 Å². The number of Topliss-reactive ketones (excluding diaryl/α,β-unsaturated/α-hetero) is 1. The van der Waals surface area contributed by atoms with Crippen LogP contribution in [0, 0.1) is 11.3 Å². The van der Waals surface area contributed by atoms with E-state index in [9.17, 15) is 18.0 Å². The largest absolute Gasteiger partial charge is 0.416 e. The molecule has 2 heterocycles. The number of ketones is 1. The first-order valence-corrected chi connectivity index (χ1v) is 8.89. The Labute approximate surface area is 169 Å². The molecule has 8 heteroatoms. The SMILES string of the molecule is N#Cc1ccc(-c2cccc(C3=Nc4ccc(C(F)(F)F)cc4NCC3=O)c2)cn1. The van der Waals surface area contributed by atoms with Crippen LogP contribution in [-0.4, -0.2) is 23.0 Å². The maximum absolute atomic E-state index is 13.0. The number of rotatable bonds is 2. The predicted molar refractivity (Wildman–Crippen MR) is 106 cm³/mol. The minimum atomic E-state index is -4.48. The number of pyridine rings is 1. The highest BCUT2D eigenvalue weighted by Crippen LogP contribution is 2.36. The van der Waals surface area contributed by atoms with Crippen LogP contribution < -0.4 is 5.32 Å². The number of halogens is 3. The summed E-state index contributed by atoms with van der Waals surface area (Å²) < 4.78 is 38.9. The molecular weight excluding hydrogens is 393 g/mol. The third-order valence-corrected chi connectivity index (χ3v) is 4.61. The van der Waals surface area contributed by atoms with Gasteiger partial charge < -0.3 is 5.32 Å². The van der Waals surface area contributed by atoms with Gasteiger partial charge in [-0.25, -0.2) is 9.98 Å². The Bertz CT molecular complexity index is 1210. The normalized spacial score (nSPS) is 13.5. The van der Waals surface area contributed by atoms with Gasteiger partial charge in [0.25, 0.3) is 0 Å². The molecule has 0 unspecified atom stereocenters. The number of hydrogen-bond acceptors (Lipinski definition) is 5. The summed E-state index contributed by atoms with van der Waals surface area (Å²) in [6, 6.07) is 15.5. The Balaban J connectivity index is 1.75. The number of nitrogens with zero attached hydrogens (tertiary/aromatic N) is 3. The van der Waals surface area contributed by atoms with Crippen LogP contribution >= 0.6 is 0 Å². The van der Waals surface area contributed by atoms with Gasteiger partial charge >= 0.3 is 6.18 Å². The van der Waals surface area contributed by atoms with E-state index in [1.165, 1.54) is 6.07 Å². The van der Waals surface area contributed by atoms with Gasteiger partial charge in [-0.3, -0.25) is 4.79 Å². The molecule has 148 valence electrons. The number of aliphatic imine (C=N–C) groups is 1. The molecular formula is C22H13F3N4O. The molecule has 0 bridgehead atoms. The predicted octanol–water partition coefficient (Wildman–Crippen LogP) is 4.75. The zero-order valence-corrected chi connectivity index (χ0v) is 15.4. The molecule has 0 atom stereocenters. The van der Waals surface area contributed by atoms with Crippen molar-refractivity contribution in [1.29, 1.82) is 5.26 Å². The summed E-state index contributed by atoms with van der Waals surface area (Å²) in [5.41, 5.74) is 2.11. The molecule has 0 saturated heterocycles. The number of hydrogen-bond donors (Lipinski definition) is 1. The lowest BCUT2D eigenvalue weighted by molar-refractivity contribution is -0.137. The van der Waals surface area contributed by atoms with Gasteiger partial charge in [0.1, 0.15) is 17.5 Å². The van der Waals surface area contributed by atoms with E-state index < -0.39 is 11.7 Å². The zero-order chi connectivity index (χ0) is 21.3. The number of nitriles is 1. The van der Waals surface area contributed by atoms with Gasteiger partial charge in [-0.05, 0) is 42.0 Å². The molecule has 30 heavy (non-hydrogen) atoms. The second kappa shape index (κ2) is 7.44. The Morgan fingerprint density at radius 1 is 1.00 bits per heavy atom. The van der Waals surface area contributed by atoms with Crippen LogP contribution in [0.25, 0.3) is 11.1 Å². The Morgan fingerprint density at radius 2 is 1.80 bits per heavy atom. The minimum Gasteiger partial charge on any atom is -0.376 e. The van der Waals surface area contributed by atoms with Crippen molar-refractivity contribution in [1.82, 2.24) is 4.98 Å². The van der Waals surface area contributed by atoms with Crippen molar-refractivity contribution in [3.05, 3.63) is 77.6 Å². The first-order valence-electron chi connectivity index (χ1n) is 8.89. The summed E-state index contributed by atoms with van der Waals surface area (Å²) in [5, 5.41) is 11.6. The summed E-state index contributed by atoms with van der Waals surface area (Å²) in [7, 11) is 0. The number of carbonyl (C=O) groups excluding carboxylic acids is 1. The number of nitrogens with one attached hydrogen (secondary N) is 1. The van der Waals surface area contributed by atoms with Gasteiger partial charge in [-0.2, -0.15) is 18.4 Å². The standard InChI is InChI=1S/C22H13F3N4O/c23-22(24,25)16-5-7-18-19(9-16)28-12-20(30)21(29-18)14-3-1-2-13(8-14)15-4-6-17(10-26)27-11-15/h1-9,11,28H,12H2. The molecule has 0 amide bonds. The van der Waals surface area contributed by atoms with E-state index in [4.69, 9.17) is 5.26 Å². The average molecular weight is 406 g/mol. The molecule has 3 aromatic rings. The lowest BCUT2D eigenvalue weighted by Gasteiger charge is -2.10. The molecule has 0 aliphatic carbocycles. The second-order valence-electron chi connectivity index (χ2n) is 6.59. The van der Waals surface area contributed by atoms with E-state index in [0.717, 1.165) is 23.3 Å². The molecule has 1 aliphatic rings. The third kappa shape index (κ3) is 3.78. The van der Waals surface area contributed by atoms with Gasteiger partial charge in [-0.1, -0.05) is 18.2 Å². The van der Waals surface area contributed by atoms with Gasteiger partial charge in [0, 0.05) is 17.3 Å². The second-order valence-corrected chi connectivity index (χ2v) is 6.59. The first-order chi connectivity index (χ1) is 14.3. The van der Waals surface area contributed by atoms with E-state index in [0.29, 0.717) is 11.3 Å². The molecule has 0 spiro atoms. The summed E-state index contributed by atoms with van der Waals surface area (Å²) in [6.07, 6.45) is -2.92. The number of aromatic nitrogens is 1. The Kier molecular flexibility index (Phi) is 4.80. The third-order valence-electron chi connectivity index (χ3n) is 4.61. The van der Waals surface area contributed by atoms with Crippen LogP contribution in [-0.2, 0) is 11.0 Å². The monoisotopic (exact) mass is 406 g/mol. The van der Waals surface area contributed by atoms with E-state index in [-0.39, 0.29) is 29.4 Å². The van der Waals surface area contributed by atoms with Crippen LogP contribution in [0.15, 0.2) is 65.8 Å². The molecule has 5 nitrogen and oxygen atoms in total. The lowest BCUT2D eigenvalue weighted by atomic mass is 10.00. The summed E-state index contributed by atoms with van der Waals surface area (Å²) >= 11 is 0. The van der Waals surface area contributed by atoms with Crippen LogP contribution in [0.1, 0.15) is 16.8 Å². The number of alkyl halides is 3. The number of carbonyl (C=O) groups is 1. The Morgan fingerprint density at radius 3 is 2.50 bits per heavy atom. The highest BCUT2D eigenvalue weighted by molar-refractivity contribution is 6.48. The van der Waals surface area contributed by atoms with Crippen molar-refractivity contribution >= 4 is 22.9 Å². The van der Waals surface area contributed by atoms with Crippen molar-refractivity contribution in [2.24, 2.45) is 4.99 Å². The van der Waals surface area contributed by atoms with Crippen molar-refractivity contribution in [2.45, 2.75) is 6.18 Å². The molecule has 0 saturated carbocycles. The molecule has 1 aromatic heterocycles. The van der Waals surface area contributed by atoms with E-state index in [1.54, 1.807) is 36.5 Å². The van der Waals surface area contributed by atoms with E-state index in [2.05, 4.69) is 15.3 Å². The first kappa shape index (κ1) is 19.3. The minimum absolute atomic E-state index is 0.153. The quantitative estimate of drug-likeness (QED) is 0.666. The summed E-state index contributed by atoms with van der Waals surface area (Å²) in [4.78, 5) is 21.0. The maximum atomic E-state index is 13.0. The van der Waals surface area contributed by atoms with Crippen molar-refractivity contribution in [3.8, 4) is 17.2 Å². The zero-order valence-electron chi connectivity index (χ0n) is 15.4. The molecule has 0 fully saturated rings. The highest BCUT2D eigenvalue weighted by Gasteiger charge is 2.31. The molecule has 1 N–H and O–H groups in total. The molecule has 4 rings (SSSR count). The van der Waals surface area contributed by atoms with Gasteiger partial charge in [0.15, 0.2) is 0 Å². The number of anilines is 1. The fraction of sp³-hybridized carbons (Fsp3) is 0.0909. The summed E-state index contributed by atoms with van der Waals surface area (Å²) in [6.45, 7) is -0.171. The fourth-order valence-corrected chi connectivity index (χ4v) is 3.10. The highest BCUT2D eigenvalue weighted by atomic mass is 19.4. The maximum Gasteiger partial charge on any atom is 0.416 e. The number of fused-ring (bicyclic) bond motifs is 1. The van der Waals surface area contributed by atoms with Crippen LogP contribution in [0.4, 0.5) is 24.5 Å². The van der Waals surface area contributed by atoms with Crippen LogP contribution in [0.5, 0.6) is 0 Å². The Hall–Kier alpha value is -3.99. The topological polar surface area (TPSA) is 78.1 Å². The van der Waals surface area contributed by atoms with Crippen LogP contribution in [0.3, 0.4) is 0 Å². The average Bonchev–Trinajstić information content (AvgIpc) is 2.92. The van der Waals surface area contributed by atoms with E-state index >= 15 is 0 Å². The van der Waals surface area contributed by atoms with Crippen molar-refractivity contribution in [3.63, 3.8) is 0 Å². The summed E-state index contributed by atoms with van der Waals surface area (Å²) in [5.74, 6) is -0.338. The lowest BCUT2D eigenvalue weighted by Crippen LogP contribution is -2.22. The van der Waals surface area contributed by atoms with Gasteiger partial charge in [-0.15, -0.1) is 0 Å². The van der Waals surface area contributed by atoms with E-state index in [1.807, 2.05) is 12.1 Å². The van der Waals surface area contributed by atoms with Crippen LogP contribution in [0.2, 0.25) is 0 Å². The fourth-order valence-electron chi connectivity index (χ4n) is 3.10. The molecule has 0 radical (unpaired) electrons. The molecule has 2 aromatic carbocycles.